The van der Waals surface area contributed by atoms with Crippen LogP contribution < -0.4 is 22.7 Å². The maximum Gasteiger partial charge on any atom is 0.276 e. The first-order valence-electron chi connectivity index (χ1n) is 3.96. The van der Waals surface area contributed by atoms with E-state index in [2.05, 4.69) is 10.4 Å². The lowest BCUT2D eigenvalue weighted by molar-refractivity contribution is 0.837. The fraction of sp³-hybridized carbons (Fsp3) is 0.429. The molecule has 0 fully saturated rings. The van der Waals surface area contributed by atoms with Gasteiger partial charge in [0.2, 0.25) is 5.95 Å². The maximum absolute atomic E-state index is 11.5. The predicted molar refractivity (Wildman–Crippen MR) is 50.6 cm³/mol. The Balaban J connectivity index is 3.46. The number of hydrazine groups is 1. The molecule has 0 unspecified atom stereocenters. The van der Waals surface area contributed by atoms with Gasteiger partial charge < -0.3 is 5.84 Å². The first-order chi connectivity index (χ1) is 6.11. The highest BCUT2D eigenvalue weighted by atomic mass is 16.1. The minimum Gasteiger partial charge on any atom is -0.333 e. The van der Waals surface area contributed by atoms with Crippen molar-refractivity contribution >= 4 is 5.95 Å². The van der Waals surface area contributed by atoms with Gasteiger partial charge in [0.25, 0.3) is 5.56 Å². The molecule has 0 aliphatic rings. The molecule has 0 spiro atoms. The molecular weight excluding hydrogens is 170 g/mol. The third kappa shape index (κ3) is 1.48. The molecule has 1 rings (SSSR count). The van der Waals surface area contributed by atoms with E-state index in [4.69, 9.17) is 11.7 Å². The second kappa shape index (κ2) is 3.44. The summed E-state index contributed by atoms with van der Waals surface area (Å²) in [7, 11) is 0. The van der Waals surface area contributed by atoms with E-state index >= 15 is 0 Å². The molecule has 0 saturated carbocycles. The van der Waals surface area contributed by atoms with Gasteiger partial charge in [-0.15, -0.1) is 0 Å². The van der Waals surface area contributed by atoms with Gasteiger partial charge in [0.05, 0.1) is 5.69 Å². The topological polar surface area (TPSA) is 99.0 Å². The summed E-state index contributed by atoms with van der Waals surface area (Å²) in [6, 6.07) is 0. The van der Waals surface area contributed by atoms with Gasteiger partial charge in [-0.2, -0.15) is 4.68 Å². The van der Waals surface area contributed by atoms with Crippen LogP contribution in [0.5, 0.6) is 0 Å². The zero-order valence-corrected chi connectivity index (χ0v) is 7.66. The van der Waals surface area contributed by atoms with Gasteiger partial charge in [-0.05, 0) is 13.3 Å². The van der Waals surface area contributed by atoms with Crippen LogP contribution in [0.2, 0.25) is 0 Å². The summed E-state index contributed by atoms with van der Waals surface area (Å²) < 4.78 is 0.909. The van der Waals surface area contributed by atoms with Crippen molar-refractivity contribution < 1.29 is 0 Å². The quantitative estimate of drug-likeness (QED) is 0.408. The molecule has 0 aliphatic heterocycles. The fourth-order valence-corrected chi connectivity index (χ4v) is 1.19. The van der Waals surface area contributed by atoms with Gasteiger partial charge in [0.15, 0.2) is 0 Å². The number of nitrogens with two attached hydrogens (primary N) is 2. The minimum absolute atomic E-state index is 0.166. The third-order valence-electron chi connectivity index (χ3n) is 1.90. The number of aryl methyl sites for hydroxylation is 1. The van der Waals surface area contributed by atoms with Crippen LogP contribution >= 0.6 is 0 Å². The third-order valence-corrected chi connectivity index (χ3v) is 1.90. The highest BCUT2D eigenvalue weighted by Gasteiger charge is 2.09. The van der Waals surface area contributed by atoms with Crippen molar-refractivity contribution in [1.82, 2.24) is 9.66 Å². The van der Waals surface area contributed by atoms with Crippen molar-refractivity contribution in [1.29, 1.82) is 0 Å². The summed E-state index contributed by atoms with van der Waals surface area (Å²) in [6.45, 7) is 3.63. The van der Waals surface area contributed by atoms with Crippen molar-refractivity contribution in [2.24, 2.45) is 5.84 Å². The van der Waals surface area contributed by atoms with Gasteiger partial charge in [-0.1, -0.05) is 6.92 Å². The number of hydrogen-bond acceptors (Lipinski definition) is 5. The van der Waals surface area contributed by atoms with Crippen LogP contribution in [0.1, 0.15) is 18.2 Å². The number of nitrogen functional groups attached to an aromatic ring is 2. The Bertz CT molecular complexity index is 370. The molecule has 0 radical (unpaired) electrons. The Morgan fingerprint density at radius 3 is 2.69 bits per heavy atom. The molecule has 1 aromatic rings. The molecule has 0 atom stereocenters. The summed E-state index contributed by atoms with van der Waals surface area (Å²) in [6.07, 6.45) is 0.611. The monoisotopic (exact) mass is 183 g/mol. The van der Waals surface area contributed by atoms with E-state index in [-0.39, 0.29) is 11.5 Å². The highest BCUT2D eigenvalue weighted by molar-refractivity contribution is 5.29. The van der Waals surface area contributed by atoms with Crippen LogP contribution in [-0.4, -0.2) is 9.66 Å². The predicted octanol–water partition coefficient (Wildman–Crippen LogP) is -0.886. The lowest BCUT2D eigenvalue weighted by atomic mass is 10.2. The molecule has 1 heterocycles. The average molecular weight is 183 g/mol. The van der Waals surface area contributed by atoms with E-state index in [1.165, 1.54) is 0 Å². The molecule has 5 N–H and O–H groups in total. The number of nitrogens with one attached hydrogen (secondary N) is 1. The van der Waals surface area contributed by atoms with Crippen molar-refractivity contribution in [3.05, 3.63) is 21.6 Å². The van der Waals surface area contributed by atoms with Gasteiger partial charge in [0, 0.05) is 5.56 Å². The van der Waals surface area contributed by atoms with E-state index in [1.54, 1.807) is 6.92 Å². The Kier molecular flexibility index (Phi) is 2.52. The first-order valence-corrected chi connectivity index (χ1v) is 3.96. The lowest BCUT2D eigenvalue weighted by Gasteiger charge is -2.09. The lowest BCUT2D eigenvalue weighted by Crippen LogP contribution is -2.35. The second-order valence-corrected chi connectivity index (χ2v) is 2.67. The molecule has 0 aliphatic carbocycles. The van der Waals surface area contributed by atoms with Crippen LogP contribution in [0.3, 0.4) is 0 Å². The van der Waals surface area contributed by atoms with Gasteiger partial charge in [-0.25, -0.2) is 10.8 Å². The molecular formula is C7H13N5O. The van der Waals surface area contributed by atoms with E-state index in [9.17, 15) is 4.79 Å². The highest BCUT2D eigenvalue weighted by Crippen LogP contribution is 2.02. The van der Waals surface area contributed by atoms with Gasteiger partial charge >= 0.3 is 0 Å². The van der Waals surface area contributed by atoms with Crippen molar-refractivity contribution in [3.8, 4) is 0 Å². The Morgan fingerprint density at radius 1 is 1.62 bits per heavy atom. The Morgan fingerprint density at radius 2 is 2.23 bits per heavy atom. The zero-order valence-electron chi connectivity index (χ0n) is 7.66. The molecule has 0 aromatic carbocycles. The van der Waals surface area contributed by atoms with Gasteiger partial charge in [0.1, 0.15) is 0 Å². The summed E-state index contributed by atoms with van der Waals surface area (Å²) in [4.78, 5) is 15.5. The van der Waals surface area contributed by atoms with Crippen LogP contribution in [0.4, 0.5) is 5.95 Å². The zero-order chi connectivity index (χ0) is 10.0. The Labute approximate surface area is 75.5 Å². The number of rotatable bonds is 2. The number of aromatic nitrogens is 2. The van der Waals surface area contributed by atoms with Crippen LogP contribution in [0.25, 0.3) is 0 Å². The van der Waals surface area contributed by atoms with Crippen molar-refractivity contribution in [3.63, 3.8) is 0 Å². The fourth-order valence-electron chi connectivity index (χ4n) is 1.19. The maximum atomic E-state index is 11.5. The first kappa shape index (κ1) is 9.53. The van der Waals surface area contributed by atoms with E-state index in [0.29, 0.717) is 17.7 Å². The smallest absolute Gasteiger partial charge is 0.276 e. The van der Waals surface area contributed by atoms with E-state index < -0.39 is 0 Å². The van der Waals surface area contributed by atoms with Crippen molar-refractivity contribution in [2.75, 3.05) is 11.3 Å². The normalized spacial score (nSPS) is 10.1. The molecule has 0 bridgehead atoms. The van der Waals surface area contributed by atoms with E-state index in [0.717, 1.165) is 4.68 Å². The molecule has 0 amide bonds. The molecule has 0 saturated heterocycles. The SMILES string of the molecule is CCc1c(C)nc(NN)n(N)c1=O. The second-order valence-electron chi connectivity index (χ2n) is 2.67. The molecule has 1 aromatic heterocycles. The molecule has 72 valence electrons. The number of anilines is 1. The van der Waals surface area contributed by atoms with Crippen LogP contribution in [0, 0.1) is 6.92 Å². The van der Waals surface area contributed by atoms with Crippen molar-refractivity contribution in [2.45, 2.75) is 20.3 Å². The Hall–Kier alpha value is -1.56. The van der Waals surface area contributed by atoms with Crippen LogP contribution in [0.15, 0.2) is 4.79 Å². The average Bonchev–Trinajstić information content (AvgIpc) is 2.12. The summed E-state index contributed by atoms with van der Waals surface area (Å²) >= 11 is 0. The molecule has 13 heavy (non-hydrogen) atoms. The molecule has 6 heteroatoms. The summed E-state index contributed by atoms with van der Waals surface area (Å²) in [5.41, 5.74) is 3.26. The largest absolute Gasteiger partial charge is 0.333 e. The van der Waals surface area contributed by atoms with Crippen LogP contribution in [-0.2, 0) is 6.42 Å². The number of hydrogen-bond donors (Lipinski definition) is 3. The summed E-state index contributed by atoms with van der Waals surface area (Å²) in [5.74, 6) is 10.7. The number of nitrogens with zero attached hydrogens (tertiary/aromatic N) is 2. The molecule has 6 nitrogen and oxygen atoms in total. The van der Waals surface area contributed by atoms with Gasteiger partial charge in [-0.3, -0.25) is 10.2 Å². The van der Waals surface area contributed by atoms with E-state index in [1.807, 2.05) is 6.92 Å². The standard InChI is InChI=1S/C7H13N5O/c1-3-5-4(2)10-7(11-8)12(9)6(5)13/h3,8-9H2,1-2H3,(H,10,11). The summed E-state index contributed by atoms with van der Waals surface area (Å²) in [5, 5.41) is 0. The minimum atomic E-state index is -0.261.